The molecule has 1 fully saturated rings. The van der Waals surface area contributed by atoms with E-state index in [1.807, 2.05) is 0 Å². The number of esters is 1. The van der Waals surface area contributed by atoms with E-state index in [9.17, 15) is 24.9 Å². The lowest BCUT2D eigenvalue weighted by atomic mass is 9.98. The lowest BCUT2D eigenvalue weighted by Gasteiger charge is -2.39. The Hall–Kier alpha value is -1.26. The molecule has 0 spiro atoms. The van der Waals surface area contributed by atoms with Gasteiger partial charge in [0.15, 0.2) is 12.4 Å². The summed E-state index contributed by atoms with van der Waals surface area (Å²) in [5.41, 5.74) is 0. The molecule has 0 saturated carbocycles. The summed E-state index contributed by atoms with van der Waals surface area (Å²) in [6.07, 6.45) is -7.21. The fourth-order valence-corrected chi connectivity index (χ4v) is 2.01. The van der Waals surface area contributed by atoms with E-state index in [1.54, 1.807) is 13.8 Å². The first-order chi connectivity index (χ1) is 9.83. The summed E-state index contributed by atoms with van der Waals surface area (Å²) in [5.74, 6) is -1.16. The van der Waals surface area contributed by atoms with Crippen LogP contribution in [0, 0.1) is 5.92 Å². The van der Waals surface area contributed by atoms with Crippen molar-refractivity contribution >= 4 is 12.4 Å². The number of hydrogen-bond donors (Lipinski definition) is 5. The van der Waals surface area contributed by atoms with Crippen molar-refractivity contribution in [1.29, 1.82) is 0 Å². The maximum absolute atomic E-state index is 11.9. The summed E-state index contributed by atoms with van der Waals surface area (Å²) in [7, 11) is 0. The van der Waals surface area contributed by atoms with E-state index in [0.29, 0.717) is 6.41 Å². The fraction of sp³-hybridized carbons (Fsp3) is 0.833. The SMILES string of the molecule is CC(C)[C@H](NC=O)C(=O)OC1C(O)OC(CO)C(O)C1O. The number of amides is 1. The maximum atomic E-state index is 11.9. The van der Waals surface area contributed by atoms with Crippen LogP contribution in [-0.4, -0.2) is 76.2 Å². The zero-order valence-electron chi connectivity index (χ0n) is 11.7. The third kappa shape index (κ3) is 4.11. The van der Waals surface area contributed by atoms with E-state index in [0.717, 1.165) is 0 Å². The molecule has 1 heterocycles. The molecule has 9 heteroatoms. The normalized spacial score (nSPS) is 34.3. The highest BCUT2D eigenvalue weighted by atomic mass is 16.7. The van der Waals surface area contributed by atoms with Crippen molar-refractivity contribution in [3.05, 3.63) is 0 Å². The Kier molecular flexibility index (Phi) is 6.49. The molecular formula is C12H21NO8. The summed E-state index contributed by atoms with van der Waals surface area (Å²) in [5, 5.41) is 40.4. The lowest BCUT2D eigenvalue weighted by molar-refractivity contribution is -0.291. The largest absolute Gasteiger partial charge is 0.453 e. The van der Waals surface area contributed by atoms with Crippen molar-refractivity contribution in [2.45, 2.75) is 50.6 Å². The van der Waals surface area contributed by atoms with Gasteiger partial charge in [0.2, 0.25) is 6.41 Å². The van der Waals surface area contributed by atoms with Crippen molar-refractivity contribution in [2.75, 3.05) is 6.61 Å². The topological polar surface area (TPSA) is 146 Å². The molecule has 0 bridgehead atoms. The van der Waals surface area contributed by atoms with Crippen LogP contribution in [0.3, 0.4) is 0 Å². The Labute approximate surface area is 121 Å². The van der Waals surface area contributed by atoms with Gasteiger partial charge in [0, 0.05) is 0 Å². The molecule has 1 rings (SSSR count). The number of aliphatic hydroxyl groups excluding tert-OH is 4. The van der Waals surface area contributed by atoms with Crippen molar-refractivity contribution in [2.24, 2.45) is 5.92 Å². The molecule has 1 aliphatic heterocycles. The molecule has 5 unspecified atom stereocenters. The second kappa shape index (κ2) is 7.66. The molecular weight excluding hydrogens is 286 g/mol. The van der Waals surface area contributed by atoms with Gasteiger partial charge in [-0.15, -0.1) is 0 Å². The molecule has 0 aliphatic carbocycles. The van der Waals surface area contributed by atoms with Crippen LogP contribution in [0.4, 0.5) is 0 Å². The van der Waals surface area contributed by atoms with E-state index >= 15 is 0 Å². The molecule has 6 atom stereocenters. The second-order valence-electron chi connectivity index (χ2n) is 5.14. The summed E-state index contributed by atoms with van der Waals surface area (Å²) >= 11 is 0. The van der Waals surface area contributed by atoms with Crippen molar-refractivity contribution in [3.8, 4) is 0 Å². The van der Waals surface area contributed by atoms with Gasteiger partial charge in [0.1, 0.15) is 24.4 Å². The van der Waals surface area contributed by atoms with Crippen LogP contribution in [0.5, 0.6) is 0 Å². The number of ether oxygens (including phenoxy) is 2. The lowest BCUT2D eigenvalue weighted by Crippen LogP contribution is -2.60. The van der Waals surface area contributed by atoms with E-state index in [1.165, 1.54) is 0 Å². The van der Waals surface area contributed by atoms with Gasteiger partial charge in [-0.25, -0.2) is 4.79 Å². The molecule has 0 aromatic rings. The summed E-state index contributed by atoms with van der Waals surface area (Å²) < 4.78 is 9.79. The molecule has 21 heavy (non-hydrogen) atoms. The van der Waals surface area contributed by atoms with Crippen LogP contribution in [0.1, 0.15) is 13.8 Å². The van der Waals surface area contributed by atoms with Crippen molar-refractivity contribution in [3.63, 3.8) is 0 Å². The number of hydrogen-bond acceptors (Lipinski definition) is 8. The van der Waals surface area contributed by atoms with Gasteiger partial charge in [-0.05, 0) is 5.92 Å². The fourth-order valence-electron chi connectivity index (χ4n) is 2.01. The van der Waals surface area contributed by atoms with Crippen LogP contribution < -0.4 is 5.32 Å². The van der Waals surface area contributed by atoms with Gasteiger partial charge in [-0.1, -0.05) is 13.8 Å². The molecule has 1 aliphatic rings. The Bertz CT molecular complexity index is 363. The first-order valence-corrected chi connectivity index (χ1v) is 6.54. The highest BCUT2D eigenvalue weighted by Crippen LogP contribution is 2.23. The highest BCUT2D eigenvalue weighted by Gasteiger charge is 2.46. The summed E-state index contributed by atoms with van der Waals surface area (Å²) in [6, 6.07) is -0.963. The molecule has 1 amide bonds. The zero-order chi connectivity index (χ0) is 16.2. The van der Waals surface area contributed by atoms with Crippen molar-refractivity contribution in [1.82, 2.24) is 5.32 Å². The first kappa shape index (κ1) is 17.8. The monoisotopic (exact) mass is 307 g/mol. The Balaban J connectivity index is 2.76. The number of rotatable bonds is 6. The molecule has 0 aromatic carbocycles. The quantitative estimate of drug-likeness (QED) is 0.259. The number of carbonyl (C=O) groups excluding carboxylic acids is 2. The van der Waals surface area contributed by atoms with Crippen LogP contribution in [0.2, 0.25) is 0 Å². The average molecular weight is 307 g/mol. The van der Waals surface area contributed by atoms with E-state index < -0.39 is 49.3 Å². The smallest absolute Gasteiger partial charge is 0.329 e. The predicted octanol–water partition coefficient (Wildman–Crippen LogP) is -2.90. The predicted molar refractivity (Wildman–Crippen MR) is 67.7 cm³/mol. The minimum atomic E-state index is -1.70. The zero-order valence-corrected chi connectivity index (χ0v) is 11.7. The Morgan fingerprint density at radius 1 is 1.33 bits per heavy atom. The highest BCUT2D eigenvalue weighted by molar-refractivity contribution is 5.78. The van der Waals surface area contributed by atoms with Gasteiger partial charge in [-0.3, -0.25) is 4.79 Å². The van der Waals surface area contributed by atoms with Crippen LogP contribution >= 0.6 is 0 Å². The van der Waals surface area contributed by atoms with Gasteiger partial charge in [-0.2, -0.15) is 0 Å². The van der Waals surface area contributed by atoms with Crippen LogP contribution in [-0.2, 0) is 19.1 Å². The standard InChI is InChI=1S/C12H21NO8/c1-5(2)7(13-4-15)11(18)21-10-9(17)8(16)6(3-14)20-12(10)19/h4-10,12,14,16-17,19H,3H2,1-2H3,(H,13,15)/t6?,7-,8?,9?,10?,12?/m0/s1. The minimum Gasteiger partial charge on any atom is -0.453 e. The minimum absolute atomic E-state index is 0.281. The molecule has 9 nitrogen and oxygen atoms in total. The van der Waals surface area contributed by atoms with E-state index in [4.69, 9.17) is 14.6 Å². The summed E-state index contributed by atoms with van der Waals surface area (Å²) in [6.45, 7) is 2.73. The molecule has 5 N–H and O–H groups in total. The first-order valence-electron chi connectivity index (χ1n) is 6.54. The van der Waals surface area contributed by atoms with Crippen LogP contribution in [0.25, 0.3) is 0 Å². The Morgan fingerprint density at radius 3 is 2.43 bits per heavy atom. The Morgan fingerprint density at radius 2 is 1.95 bits per heavy atom. The number of nitrogens with one attached hydrogen (secondary N) is 1. The van der Waals surface area contributed by atoms with Crippen molar-refractivity contribution < 1.29 is 39.5 Å². The van der Waals surface area contributed by atoms with E-state index in [-0.39, 0.29) is 5.92 Å². The average Bonchev–Trinajstić information content (AvgIpc) is 2.44. The van der Waals surface area contributed by atoms with Gasteiger partial charge in [0.05, 0.1) is 6.61 Å². The van der Waals surface area contributed by atoms with Crippen LogP contribution in [0.15, 0.2) is 0 Å². The third-order valence-corrected chi connectivity index (χ3v) is 3.26. The molecule has 122 valence electrons. The third-order valence-electron chi connectivity index (χ3n) is 3.26. The van der Waals surface area contributed by atoms with Gasteiger partial charge in [0.25, 0.3) is 0 Å². The van der Waals surface area contributed by atoms with Gasteiger partial charge >= 0.3 is 5.97 Å². The second-order valence-corrected chi connectivity index (χ2v) is 5.14. The maximum Gasteiger partial charge on any atom is 0.329 e. The number of carbonyl (C=O) groups is 2. The van der Waals surface area contributed by atoms with Gasteiger partial charge < -0.3 is 35.2 Å². The molecule has 0 aromatic heterocycles. The summed E-state index contributed by atoms with van der Waals surface area (Å²) in [4.78, 5) is 22.4. The molecule has 0 radical (unpaired) electrons. The number of aliphatic hydroxyl groups is 4. The van der Waals surface area contributed by atoms with E-state index in [2.05, 4.69) is 5.32 Å². The molecule has 1 saturated heterocycles.